The second kappa shape index (κ2) is 7.19. The Bertz CT molecular complexity index is 343. The Hall–Kier alpha value is -1.20. The molecule has 0 spiro atoms. The van der Waals surface area contributed by atoms with Crippen molar-refractivity contribution in [1.29, 1.82) is 0 Å². The lowest BCUT2D eigenvalue weighted by Gasteiger charge is -2.18. The number of rotatable bonds is 7. The maximum absolute atomic E-state index is 12.9. The molecule has 0 aromatic carbocycles. The Morgan fingerprint density at radius 1 is 1.41 bits per heavy atom. The van der Waals surface area contributed by atoms with E-state index >= 15 is 0 Å². The molecule has 0 radical (unpaired) electrons. The molecule has 0 bridgehead atoms. The summed E-state index contributed by atoms with van der Waals surface area (Å²) in [4.78, 5) is 6.03. The van der Waals surface area contributed by atoms with E-state index in [1.807, 2.05) is 0 Å². The molecule has 1 N–H and O–H groups in total. The molecule has 0 saturated carbocycles. The third-order valence-electron chi connectivity index (χ3n) is 2.60. The minimum Gasteiger partial charge on any atom is -0.476 e. The van der Waals surface area contributed by atoms with Crippen molar-refractivity contribution in [2.24, 2.45) is 0 Å². The molecule has 4 nitrogen and oxygen atoms in total. The van der Waals surface area contributed by atoms with Crippen molar-refractivity contribution in [2.45, 2.75) is 20.5 Å². The standard InChI is InChI=1S/C12H19FN2O2/c1-3-15(4-2)5-6-17-12-10(9-16)7-11(13)8-14-12/h7-8,16H,3-6,9H2,1-2H3. The lowest BCUT2D eigenvalue weighted by atomic mass is 10.3. The van der Waals surface area contributed by atoms with Gasteiger partial charge in [-0.05, 0) is 19.2 Å². The third kappa shape index (κ3) is 4.28. The Morgan fingerprint density at radius 3 is 2.71 bits per heavy atom. The number of aromatic nitrogens is 1. The van der Waals surface area contributed by atoms with Crippen LogP contribution in [0.5, 0.6) is 5.88 Å². The van der Waals surface area contributed by atoms with Crippen LogP contribution in [0.1, 0.15) is 19.4 Å². The summed E-state index contributed by atoms with van der Waals surface area (Å²) in [5, 5.41) is 9.05. The van der Waals surface area contributed by atoms with Crippen LogP contribution in [0.15, 0.2) is 12.3 Å². The van der Waals surface area contributed by atoms with Crippen molar-refractivity contribution in [1.82, 2.24) is 9.88 Å². The first-order chi connectivity index (χ1) is 8.21. The van der Waals surface area contributed by atoms with E-state index < -0.39 is 5.82 Å². The van der Waals surface area contributed by atoms with E-state index in [0.29, 0.717) is 18.1 Å². The molecule has 1 aromatic rings. The SMILES string of the molecule is CCN(CC)CCOc1ncc(F)cc1CO. The van der Waals surface area contributed by atoms with Gasteiger partial charge in [0.15, 0.2) is 0 Å². The van der Waals surface area contributed by atoms with Gasteiger partial charge < -0.3 is 14.7 Å². The Labute approximate surface area is 101 Å². The van der Waals surface area contributed by atoms with Gasteiger partial charge in [-0.2, -0.15) is 0 Å². The highest BCUT2D eigenvalue weighted by Gasteiger charge is 2.07. The normalized spacial score (nSPS) is 10.9. The monoisotopic (exact) mass is 242 g/mol. The predicted molar refractivity (Wildman–Crippen MR) is 63.4 cm³/mol. The smallest absolute Gasteiger partial charge is 0.219 e. The second-order valence-corrected chi connectivity index (χ2v) is 3.65. The molecule has 0 saturated heterocycles. The van der Waals surface area contributed by atoms with Gasteiger partial charge in [0, 0.05) is 12.1 Å². The van der Waals surface area contributed by atoms with E-state index in [9.17, 15) is 4.39 Å². The summed E-state index contributed by atoms with van der Waals surface area (Å²) in [7, 11) is 0. The van der Waals surface area contributed by atoms with Gasteiger partial charge in [0.25, 0.3) is 0 Å². The molecule has 17 heavy (non-hydrogen) atoms. The topological polar surface area (TPSA) is 45.6 Å². The Kier molecular flexibility index (Phi) is 5.86. The molecule has 0 amide bonds. The number of hydrogen-bond donors (Lipinski definition) is 1. The maximum atomic E-state index is 12.9. The Morgan fingerprint density at radius 2 is 2.12 bits per heavy atom. The summed E-state index contributed by atoms with van der Waals surface area (Å²) in [5.41, 5.74) is 0.379. The van der Waals surface area contributed by atoms with Crippen LogP contribution in [0, 0.1) is 5.82 Å². The van der Waals surface area contributed by atoms with E-state index in [1.165, 1.54) is 6.07 Å². The van der Waals surface area contributed by atoms with Gasteiger partial charge in [-0.25, -0.2) is 9.37 Å². The number of likely N-dealkylation sites (N-methyl/N-ethyl adjacent to an activating group) is 1. The lowest BCUT2D eigenvalue weighted by molar-refractivity contribution is 0.209. The van der Waals surface area contributed by atoms with Gasteiger partial charge in [-0.15, -0.1) is 0 Å². The van der Waals surface area contributed by atoms with Gasteiger partial charge in [0.1, 0.15) is 12.4 Å². The molecule has 5 heteroatoms. The third-order valence-corrected chi connectivity index (χ3v) is 2.60. The van der Waals surface area contributed by atoms with Crippen LogP contribution in [0.2, 0.25) is 0 Å². The number of aliphatic hydroxyl groups is 1. The van der Waals surface area contributed by atoms with Crippen LogP contribution in [0.4, 0.5) is 4.39 Å². The molecule has 0 unspecified atom stereocenters. The molecule has 0 fully saturated rings. The van der Waals surface area contributed by atoms with Gasteiger partial charge in [-0.3, -0.25) is 0 Å². The molecule has 0 aliphatic carbocycles. The number of nitrogens with zero attached hydrogens (tertiary/aromatic N) is 2. The fraction of sp³-hybridized carbons (Fsp3) is 0.583. The first-order valence-corrected chi connectivity index (χ1v) is 5.81. The van der Waals surface area contributed by atoms with Crippen LogP contribution in [0.25, 0.3) is 0 Å². The summed E-state index contributed by atoms with van der Waals surface area (Å²) < 4.78 is 18.3. The van der Waals surface area contributed by atoms with Gasteiger partial charge >= 0.3 is 0 Å². The van der Waals surface area contributed by atoms with Gasteiger partial charge in [0.2, 0.25) is 5.88 Å². The molecule has 1 aromatic heterocycles. The largest absolute Gasteiger partial charge is 0.476 e. The zero-order valence-corrected chi connectivity index (χ0v) is 10.3. The molecule has 1 rings (SSSR count). The maximum Gasteiger partial charge on any atom is 0.219 e. The van der Waals surface area contributed by atoms with E-state index in [1.54, 1.807) is 0 Å². The van der Waals surface area contributed by atoms with Crippen molar-refractivity contribution in [3.63, 3.8) is 0 Å². The lowest BCUT2D eigenvalue weighted by Crippen LogP contribution is -2.28. The highest BCUT2D eigenvalue weighted by molar-refractivity contribution is 5.25. The number of ether oxygens (including phenoxy) is 1. The van der Waals surface area contributed by atoms with E-state index in [-0.39, 0.29) is 6.61 Å². The molecule has 96 valence electrons. The zero-order chi connectivity index (χ0) is 12.7. The highest BCUT2D eigenvalue weighted by Crippen LogP contribution is 2.15. The minimum absolute atomic E-state index is 0.272. The summed E-state index contributed by atoms with van der Waals surface area (Å²) in [6.45, 7) is 7.08. The number of aliphatic hydroxyl groups excluding tert-OH is 1. The van der Waals surface area contributed by atoms with Gasteiger partial charge in [-0.1, -0.05) is 13.8 Å². The Balaban J connectivity index is 2.51. The van der Waals surface area contributed by atoms with Crippen LogP contribution in [-0.2, 0) is 6.61 Å². The van der Waals surface area contributed by atoms with Crippen LogP contribution in [0.3, 0.4) is 0 Å². The predicted octanol–water partition coefficient (Wildman–Crippen LogP) is 1.43. The fourth-order valence-electron chi connectivity index (χ4n) is 1.52. The quantitative estimate of drug-likeness (QED) is 0.785. The summed E-state index contributed by atoms with van der Waals surface area (Å²) in [6.07, 6.45) is 1.09. The highest BCUT2D eigenvalue weighted by atomic mass is 19.1. The average molecular weight is 242 g/mol. The molecular weight excluding hydrogens is 223 g/mol. The minimum atomic E-state index is -0.467. The molecule has 0 aliphatic rings. The van der Waals surface area contributed by atoms with Crippen molar-refractivity contribution in [3.05, 3.63) is 23.6 Å². The van der Waals surface area contributed by atoms with Crippen LogP contribution < -0.4 is 4.74 Å². The first-order valence-electron chi connectivity index (χ1n) is 5.81. The van der Waals surface area contributed by atoms with Crippen LogP contribution >= 0.6 is 0 Å². The first kappa shape index (κ1) is 13.9. The summed E-state index contributed by atoms with van der Waals surface area (Å²) >= 11 is 0. The molecular formula is C12H19FN2O2. The van der Waals surface area contributed by atoms with Crippen molar-refractivity contribution >= 4 is 0 Å². The summed E-state index contributed by atoms with van der Waals surface area (Å²) in [5.74, 6) is -0.161. The van der Waals surface area contributed by atoms with E-state index in [4.69, 9.17) is 9.84 Å². The number of halogens is 1. The zero-order valence-electron chi connectivity index (χ0n) is 10.3. The van der Waals surface area contributed by atoms with Crippen LogP contribution in [-0.4, -0.2) is 41.2 Å². The van der Waals surface area contributed by atoms with Crippen molar-refractivity contribution in [3.8, 4) is 5.88 Å². The second-order valence-electron chi connectivity index (χ2n) is 3.65. The van der Waals surface area contributed by atoms with E-state index in [0.717, 1.165) is 25.8 Å². The molecule has 0 atom stereocenters. The van der Waals surface area contributed by atoms with Crippen molar-refractivity contribution < 1.29 is 14.2 Å². The fourth-order valence-corrected chi connectivity index (χ4v) is 1.52. The molecule has 1 heterocycles. The summed E-state index contributed by atoms with van der Waals surface area (Å²) in [6, 6.07) is 1.24. The van der Waals surface area contributed by atoms with Crippen molar-refractivity contribution in [2.75, 3.05) is 26.2 Å². The van der Waals surface area contributed by atoms with E-state index in [2.05, 4.69) is 23.7 Å². The number of pyridine rings is 1. The van der Waals surface area contributed by atoms with Gasteiger partial charge in [0.05, 0.1) is 12.8 Å². The average Bonchev–Trinajstić information content (AvgIpc) is 2.36. The number of hydrogen-bond acceptors (Lipinski definition) is 4. The molecule has 0 aliphatic heterocycles.